The van der Waals surface area contributed by atoms with E-state index < -0.39 is 0 Å². The summed E-state index contributed by atoms with van der Waals surface area (Å²) in [5, 5.41) is 4.62. The monoisotopic (exact) mass is 512 g/mol. The van der Waals surface area contributed by atoms with E-state index in [0.717, 1.165) is 39.0 Å². The summed E-state index contributed by atoms with van der Waals surface area (Å²) in [5.74, 6) is 1.31. The molecule has 0 fully saturated rings. The lowest BCUT2D eigenvalue weighted by Crippen LogP contribution is -2.03. The zero-order valence-electron chi connectivity index (χ0n) is 19.6. The molecule has 0 saturated carbocycles. The van der Waals surface area contributed by atoms with Crippen molar-refractivity contribution < 1.29 is 0 Å². The predicted molar refractivity (Wildman–Crippen MR) is 146 cm³/mol. The van der Waals surface area contributed by atoms with E-state index in [0.29, 0.717) is 11.6 Å². The fourth-order valence-electron chi connectivity index (χ4n) is 3.69. The molecule has 0 spiro atoms. The van der Waals surface area contributed by atoms with Gasteiger partial charge in [-0.15, -0.1) is 0 Å². The second-order valence-electron chi connectivity index (χ2n) is 8.30. The van der Waals surface area contributed by atoms with Crippen LogP contribution in [0.5, 0.6) is 0 Å². The minimum Gasteiger partial charge on any atom is -0.261 e. The molecule has 1 N–H and O–H groups in total. The maximum atomic E-state index is 4.81. The van der Waals surface area contributed by atoms with Gasteiger partial charge in [-0.25, -0.2) is 9.97 Å². The van der Waals surface area contributed by atoms with E-state index in [9.17, 15) is 0 Å². The number of aryl methyl sites for hydroxylation is 1. The van der Waals surface area contributed by atoms with Gasteiger partial charge in [0.1, 0.15) is 0 Å². The molecule has 0 amide bonds. The largest absolute Gasteiger partial charge is 0.261 e. The Balaban J connectivity index is 1.58. The Labute approximate surface area is 210 Å². The third-order valence-electron chi connectivity index (χ3n) is 5.68. The lowest BCUT2D eigenvalue weighted by Gasteiger charge is -2.09. The highest BCUT2D eigenvalue weighted by Crippen LogP contribution is 2.25. The van der Waals surface area contributed by atoms with Gasteiger partial charge in [-0.1, -0.05) is 102 Å². The van der Waals surface area contributed by atoms with Gasteiger partial charge < -0.3 is 0 Å². The van der Waals surface area contributed by atoms with Crippen LogP contribution in [0.15, 0.2) is 94.5 Å². The summed E-state index contributed by atoms with van der Waals surface area (Å²) in [5.41, 5.74) is 9.36. The summed E-state index contributed by atoms with van der Waals surface area (Å²) in [6.07, 6.45) is 4.89. The minimum atomic E-state index is 0.653. The van der Waals surface area contributed by atoms with E-state index in [4.69, 9.17) is 9.97 Å². The highest BCUT2D eigenvalue weighted by atomic mass is 79.9. The first-order chi connectivity index (χ1) is 16.6. The number of hydrogen-bond acceptors (Lipinski definition) is 4. The Kier molecular flexibility index (Phi) is 8.21. The van der Waals surface area contributed by atoms with Crippen LogP contribution in [0.25, 0.3) is 22.6 Å². The molecular formula is C29H29BrN4. The standard InChI is InChI=1S/C29H29BrN4/c1-3-4-6-9-22-12-14-23(15-13-22)21(2)33-34-28-20-27(24-10-7-5-8-11-24)31-29(32-28)25-16-18-26(30)19-17-25/h5,7-8,10-20H,3-4,6,9H2,1-2H3,(H,31,32,34)/b33-21-. The first-order valence-corrected chi connectivity index (χ1v) is 12.5. The number of hydrazone groups is 1. The fourth-order valence-corrected chi connectivity index (χ4v) is 3.95. The average molecular weight is 513 g/mol. The smallest absolute Gasteiger partial charge is 0.162 e. The molecule has 34 heavy (non-hydrogen) atoms. The number of rotatable bonds is 9. The van der Waals surface area contributed by atoms with Gasteiger partial charge in [0.2, 0.25) is 0 Å². The fraction of sp³-hybridized carbons (Fsp3) is 0.207. The van der Waals surface area contributed by atoms with Gasteiger partial charge in [0, 0.05) is 21.7 Å². The van der Waals surface area contributed by atoms with Crippen molar-refractivity contribution in [1.29, 1.82) is 0 Å². The van der Waals surface area contributed by atoms with Crippen molar-refractivity contribution in [3.05, 3.63) is 101 Å². The third kappa shape index (κ3) is 6.39. The van der Waals surface area contributed by atoms with Gasteiger partial charge in [-0.2, -0.15) is 5.10 Å². The van der Waals surface area contributed by atoms with Crippen molar-refractivity contribution in [3.63, 3.8) is 0 Å². The highest BCUT2D eigenvalue weighted by molar-refractivity contribution is 9.10. The van der Waals surface area contributed by atoms with Gasteiger partial charge in [-0.05, 0) is 43.0 Å². The Morgan fingerprint density at radius 2 is 1.59 bits per heavy atom. The molecule has 4 nitrogen and oxygen atoms in total. The second kappa shape index (κ2) is 11.7. The van der Waals surface area contributed by atoms with Crippen molar-refractivity contribution in [2.75, 3.05) is 5.43 Å². The Morgan fingerprint density at radius 1 is 0.853 bits per heavy atom. The molecular weight excluding hydrogens is 484 g/mol. The molecule has 0 aliphatic rings. The Bertz CT molecular complexity index is 1230. The van der Waals surface area contributed by atoms with Crippen LogP contribution in [0.2, 0.25) is 0 Å². The predicted octanol–water partition coefficient (Wildman–Crippen LogP) is 8.14. The molecule has 0 atom stereocenters. The molecule has 0 aliphatic carbocycles. The highest BCUT2D eigenvalue weighted by Gasteiger charge is 2.09. The van der Waals surface area contributed by atoms with Crippen LogP contribution in [0.3, 0.4) is 0 Å². The summed E-state index contributed by atoms with van der Waals surface area (Å²) in [4.78, 5) is 9.55. The number of nitrogens with zero attached hydrogens (tertiary/aromatic N) is 3. The van der Waals surface area contributed by atoms with E-state index in [1.807, 2.05) is 67.6 Å². The second-order valence-corrected chi connectivity index (χ2v) is 9.21. The third-order valence-corrected chi connectivity index (χ3v) is 6.21. The van der Waals surface area contributed by atoms with Crippen LogP contribution >= 0.6 is 15.9 Å². The topological polar surface area (TPSA) is 50.2 Å². The van der Waals surface area contributed by atoms with Gasteiger partial charge in [0.15, 0.2) is 11.6 Å². The quantitative estimate of drug-likeness (QED) is 0.140. The van der Waals surface area contributed by atoms with Gasteiger partial charge in [-0.3, -0.25) is 5.43 Å². The lowest BCUT2D eigenvalue weighted by atomic mass is 10.0. The molecule has 4 aromatic rings. The van der Waals surface area contributed by atoms with Crippen LogP contribution in [0.1, 0.15) is 44.2 Å². The summed E-state index contributed by atoms with van der Waals surface area (Å²) < 4.78 is 1.02. The molecule has 0 unspecified atom stereocenters. The molecule has 172 valence electrons. The number of nitrogens with one attached hydrogen (secondary N) is 1. The van der Waals surface area contributed by atoms with Crippen LogP contribution in [-0.2, 0) is 6.42 Å². The van der Waals surface area contributed by atoms with E-state index in [1.165, 1.54) is 24.8 Å². The number of hydrogen-bond donors (Lipinski definition) is 1. The molecule has 5 heteroatoms. The molecule has 1 aromatic heterocycles. The number of anilines is 1. The molecule has 3 aromatic carbocycles. The number of halogens is 1. The minimum absolute atomic E-state index is 0.653. The molecule has 1 heterocycles. The summed E-state index contributed by atoms with van der Waals surface area (Å²) >= 11 is 3.50. The molecule has 0 saturated heterocycles. The zero-order valence-corrected chi connectivity index (χ0v) is 21.2. The summed E-state index contributed by atoms with van der Waals surface area (Å²) in [6.45, 7) is 4.24. The first kappa shape index (κ1) is 23.8. The maximum absolute atomic E-state index is 4.81. The van der Waals surface area contributed by atoms with Gasteiger partial charge >= 0.3 is 0 Å². The van der Waals surface area contributed by atoms with E-state index in [2.05, 4.69) is 57.6 Å². The Hall–Kier alpha value is -3.31. The average Bonchev–Trinajstić information content (AvgIpc) is 2.88. The number of benzene rings is 3. The van der Waals surface area contributed by atoms with Crippen LogP contribution in [-0.4, -0.2) is 15.7 Å². The van der Waals surface area contributed by atoms with Crippen molar-refractivity contribution in [3.8, 4) is 22.6 Å². The maximum Gasteiger partial charge on any atom is 0.162 e. The normalized spacial score (nSPS) is 11.4. The molecule has 0 aliphatic heterocycles. The van der Waals surface area contributed by atoms with Crippen LogP contribution in [0.4, 0.5) is 5.82 Å². The molecule has 4 rings (SSSR count). The van der Waals surface area contributed by atoms with Crippen molar-refractivity contribution >= 4 is 27.5 Å². The van der Waals surface area contributed by atoms with E-state index in [1.54, 1.807) is 0 Å². The van der Waals surface area contributed by atoms with E-state index >= 15 is 0 Å². The number of aromatic nitrogens is 2. The SMILES string of the molecule is CCCCCc1ccc(/C(C)=N\Nc2cc(-c3ccccc3)nc(-c3ccc(Br)cc3)n2)cc1. The Morgan fingerprint density at radius 3 is 2.29 bits per heavy atom. The van der Waals surface area contributed by atoms with Crippen molar-refractivity contribution in [1.82, 2.24) is 9.97 Å². The number of unbranched alkanes of at least 4 members (excludes halogenated alkanes) is 2. The van der Waals surface area contributed by atoms with Crippen molar-refractivity contribution in [2.24, 2.45) is 5.10 Å². The van der Waals surface area contributed by atoms with Crippen molar-refractivity contribution in [2.45, 2.75) is 39.5 Å². The summed E-state index contributed by atoms with van der Waals surface area (Å²) in [7, 11) is 0. The van der Waals surface area contributed by atoms with Gasteiger partial charge in [0.25, 0.3) is 0 Å². The molecule has 0 radical (unpaired) electrons. The lowest BCUT2D eigenvalue weighted by molar-refractivity contribution is 0.717. The zero-order chi connectivity index (χ0) is 23.8. The molecule has 0 bridgehead atoms. The van der Waals surface area contributed by atoms with Gasteiger partial charge in [0.05, 0.1) is 11.4 Å². The first-order valence-electron chi connectivity index (χ1n) is 11.7. The van der Waals surface area contributed by atoms with Crippen LogP contribution in [0, 0.1) is 0 Å². The summed E-state index contributed by atoms with van der Waals surface area (Å²) in [6, 6.07) is 28.8. The van der Waals surface area contributed by atoms with E-state index in [-0.39, 0.29) is 0 Å². The van der Waals surface area contributed by atoms with Crippen LogP contribution < -0.4 is 5.43 Å².